The third kappa shape index (κ3) is 30.6. The van der Waals surface area contributed by atoms with Crippen LogP contribution in [0.2, 0.25) is 0 Å². The molecule has 610 valence electrons. The molecule has 0 bridgehead atoms. The second-order valence-electron chi connectivity index (χ2n) is 27.2. The van der Waals surface area contributed by atoms with Crippen LogP contribution in [-0.2, 0) is 112 Å². The second kappa shape index (κ2) is 44.9. The van der Waals surface area contributed by atoms with Gasteiger partial charge in [0.1, 0.15) is 18.6 Å². The summed E-state index contributed by atoms with van der Waals surface area (Å²) in [5.41, 5.74) is 14.7. The molecule has 3 aliphatic heterocycles. The summed E-state index contributed by atoms with van der Waals surface area (Å²) in [6.07, 6.45) is 14.4. The standard InChI is InChI=1S/C71H102N7O21P3S4.O3S/c1-10-77-55-26-19-18-25-53(55)70(6,7)60(77)27-14-12-15-28-61-71(8,9)54-44-50(3)31-32-56(54)78(61)36-21-13-16-29-62(79)73-34-40-90-42-43-91-41-35-74-68(82)94-39-33-69(4,5)105-104-48-92-37-22-23-38-93-63(80)30-20-17-24-51-45-52(65-64(51)66(81)76-67(72)75-65)57-46-58(95-49-106(103)11-2)59(97-57)47-96-101(86,87)99-102(88,89)98-100(83,84)85;1-4(2)3/h12,14-15,18-19,25-28,31-32,44-45,52,57-59H,10-11,13,16,20-23,29-30,33-43,46-49H2,1-9H3,(H8-,72,73,74,75,76,79,81,82,83,84,85,86,87,88,89);/p+1/t52?,57-,58+,59-,106?;/m1./s1. The number of aromatic amines is 1. The molecule has 4 unspecified atom stereocenters. The second-order valence-corrected chi connectivity index (χ2v) is 38.1. The lowest BCUT2D eigenvalue weighted by atomic mass is 9.81. The fourth-order valence-corrected chi connectivity index (χ4v) is 18.4. The van der Waals surface area contributed by atoms with Crippen LogP contribution in [0.15, 0.2) is 89.4 Å². The molecule has 1 aromatic heterocycles. The SMILES string of the molecule is CCN1\C(=C/C=C/C=C/C2=[N+](CCCCCC(=O)NCCOCCOCCNC(=O)OCCC(C)(C)SSCOCCCCOC(=O)CCC#CC3=CC([C@H]4C[C@H](OCS(=S)CC)[C@@H](COP(=O)(O)OP(=O)(O)OP(=O)(O)O)O4)c4nc(N)[nH]c(=O)c43)c3ccc(C)cc3C2(C)C)C(C)(C)c2ccccc21.O=S(=O)=O. The number of carbonyl (C=O) groups is 3. The molecular formula is C71H103N7O24P3S5+. The van der Waals surface area contributed by atoms with Gasteiger partial charge in [-0.15, -0.1) is 12.6 Å². The van der Waals surface area contributed by atoms with Crippen molar-refractivity contribution in [3.05, 3.63) is 123 Å². The Balaban J connectivity index is 0.00000460. The Bertz CT molecular complexity index is 4230. The molecule has 1 fully saturated rings. The van der Waals surface area contributed by atoms with Crippen LogP contribution in [0, 0.1) is 18.8 Å². The van der Waals surface area contributed by atoms with E-state index in [1.54, 1.807) is 27.7 Å². The van der Waals surface area contributed by atoms with Crippen LogP contribution in [0.3, 0.4) is 0 Å². The predicted octanol–water partition coefficient (Wildman–Crippen LogP) is 10.0. The van der Waals surface area contributed by atoms with Crippen molar-refractivity contribution in [2.75, 3.05) is 107 Å². The number of ether oxygens (including phenoxy) is 7. The van der Waals surface area contributed by atoms with Gasteiger partial charge in [-0.05, 0) is 114 Å². The number of aromatic nitrogens is 2. The first-order valence-electron chi connectivity index (χ1n) is 35.8. The zero-order valence-corrected chi connectivity index (χ0v) is 70.0. The third-order valence-electron chi connectivity index (χ3n) is 17.7. The van der Waals surface area contributed by atoms with Gasteiger partial charge >= 0.3 is 46.1 Å². The third-order valence-corrected chi connectivity index (χ3v) is 26.6. The first-order chi connectivity index (χ1) is 52.0. The Morgan fingerprint density at radius 2 is 1.57 bits per heavy atom. The van der Waals surface area contributed by atoms with Crippen molar-refractivity contribution < 1.29 is 111 Å². The summed E-state index contributed by atoms with van der Waals surface area (Å²) in [7, 11) is -17.5. The number of benzene rings is 2. The van der Waals surface area contributed by atoms with Gasteiger partial charge in [0.2, 0.25) is 17.5 Å². The molecule has 7 atom stereocenters. The predicted molar refractivity (Wildman–Crippen MR) is 425 cm³/mol. The Kier molecular flexibility index (Phi) is 38.1. The number of anilines is 2. The maximum absolute atomic E-state index is 13.2. The lowest BCUT2D eigenvalue weighted by molar-refractivity contribution is -0.438. The molecule has 0 spiro atoms. The fraction of sp³-hybridized carbons (Fsp3) is 0.577. The van der Waals surface area contributed by atoms with Gasteiger partial charge in [-0.25, -0.2) is 23.5 Å². The van der Waals surface area contributed by atoms with E-state index in [1.165, 1.54) is 39.5 Å². The van der Waals surface area contributed by atoms with Crippen LogP contribution >= 0.6 is 45.1 Å². The van der Waals surface area contributed by atoms with Crippen LogP contribution in [0.1, 0.15) is 153 Å². The number of likely N-dealkylation sites (N-methyl/N-ethyl adjacent to an activating group) is 1. The zero-order chi connectivity index (χ0) is 80.9. The monoisotopic (exact) mass is 1690 g/mol. The number of para-hydroxylation sites is 1. The molecule has 110 heavy (non-hydrogen) atoms. The molecule has 2 aromatic carbocycles. The number of nitrogens with two attached hydrogens (primary N) is 1. The minimum atomic E-state index is -5.79. The topological polar surface area (TPSA) is 429 Å². The molecule has 2 amide bonds. The van der Waals surface area contributed by atoms with E-state index in [4.69, 9.17) is 77.0 Å². The van der Waals surface area contributed by atoms with E-state index in [9.17, 15) is 42.7 Å². The van der Waals surface area contributed by atoms with Gasteiger partial charge in [-0.3, -0.25) is 23.9 Å². The minimum Gasteiger partial charge on any atom is -0.466 e. The van der Waals surface area contributed by atoms with Crippen molar-refractivity contribution in [3.63, 3.8) is 0 Å². The van der Waals surface area contributed by atoms with Gasteiger partial charge in [-0.1, -0.05) is 118 Å². The van der Waals surface area contributed by atoms with Gasteiger partial charge in [0.25, 0.3) is 5.56 Å². The molecule has 9 N–H and O–H groups in total. The first kappa shape index (κ1) is 93.3. The highest BCUT2D eigenvalue weighted by atomic mass is 33.1. The first-order valence-corrected chi connectivity index (χ1v) is 46.1. The summed E-state index contributed by atoms with van der Waals surface area (Å²) in [6, 6.07) is 15.4. The Hall–Kier alpha value is -5.58. The van der Waals surface area contributed by atoms with E-state index in [0.29, 0.717) is 70.3 Å². The largest absolute Gasteiger partial charge is 0.490 e. The van der Waals surface area contributed by atoms with Crippen LogP contribution in [0.4, 0.5) is 22.1 Å². The number of hydrogen-bond donors (Lipinski definition) is 8. The van der Waals surface area contributed by atoms with E-state index in [2.05, 4.69) is 179 Å². The number of esters is 1. The van der Waals surface area contributed by atoms with Crippen LogP contribution in [0.25, 0.3) is 5.57 Å². The van der Waals surface area contributed by atoms with Gasteiger partial charge in [0, 0.05) is 103 Å². The van der Waals surface area contributed by atoms with Gasteiger partial charge < -0.3 is 74.0 Å². The zero-order valence-electron chi connectivity index (χ0n) is 63.2. The summed E-state index contributed by atoms with van der Waals surface area (Å²) in [5, 5.41) is 5.66. The van der Waals surface area contributed by atoms with Crippen molar-refractivity contribution in [3.8, 4) is 11.8 Å². The highest BCUT2D eigenvalue weighted by Gasteiger charge is 2.48. The molecular weight excluding hydrogens is 1590 g/mol. The molecule has 0 radical (unpaired) electrons. The number of unbranched alkanes of at least 4 members (excludes halogenated alkanes) is 3. The summed E-state index contributed by atoms with van der Waals surface area (Å²) in [4.78, 5) is 97.6. The number of nitrogen functional groups attached to an aromatic ring is 1. The number of carbonyl (C=O) groups excluding carboxylic acids is 3. The number of allylic oxidation sites excluding steroid dienone is 7. The maximum Gasteiger partial charge on any atom is 0.490 e. The van der Waals surface area contributed by atoms with E-state index in [-0.39, 0.29) is 95.8 Å². The van der Waals surface area contributed by atoms with Crippen molar-refractivity contribution in [2.24, 2.45) is 0 Å². The number of phosphoric ester groups is 1. The lowest BCUT2D eigenvalue weighted by Gasteiger charge is -2.25. The summed E-state index contributed by atoms with van der Waals surface area (Å²) < 4.78 is 116. The Labute approximate surface area is 658 Å². The van der Waals surface area contributed by atoms with E-state index < -0.39 is 92.0 Å². The van der Waals surface area contributed by atoms with Crippen LogP contribution in [0.5, 0.6) is 0 Å². The van der Waals surface area contributed by atoms with Crippen LogP contribution < -0.4 is 26.8 Å². The van der Waals surface area contributed by atoms with E-state index in [1.807, 2.05) is 6.92 Å². The molecule has 0 saturated carbocycles. The normalized spacial score (nSPS) is 19.4. The molecule has 1 aliphatic carbocycles. The van der Waals surface area contributed by atoms with E-state index in [0.717, 1.165) is 32.4 Å². The highest BCUT2D eigenvalue weighted by molar-refractivity contribution is 8.77. The average molecular weight is 1690 g/mol. The van der Waals surface area contributed by atoms with Crippen molar-refractivity contribution >= 4 is 123 Å². The van der Waals surface area contributed by atoms with Crippen LogP contribution in [-0.4, -0.2) is 190 Å². The molecule has 1 saturated heterocycles. The number of amides is 2. The number of H-pyrrole nitrogens is 1. The lowest BCUT2D eigenvalue weighted by Crippen LogP contribution is -2.30. The molecule has 4 heterocycles. The summed E-state index contributed by atoms with van der Waals surface area (Å²) in [6.45, 7) is 23.4. The summed E-state index contributed by atoms with van der Waals surface area (Å²) >= 11 is 5.40. The Morgan fingerprint density at radius 3 is 2.28 bits per heavy atom. The number of fused-ring (bicyclic) bond motifs is 3. The number of nitrogens with zero attached hydrogens (tertiary/aromatic N) is 3. The number of aryl methyl sites for hydroxylation is 1. The number of phosphoric acid groups is 3. The molecule has 39 heteroatoms. The quantitative estimate of drug-likeness (QED) is 0.00381. The average Bonchev–Trinajstić information content (AvgIpc) is 1.61. The fourth-order valence-electron chi connectivity index (χ4n) is 12.4. The molecule has 4 aliphatic rings. The number of alkyl carbamates (subject to hydrolysis) is 1. The molecule has 3 aromatic rings. The smallest absolute Gasteiger partial charge is 0.466 e. The molecule has 31 nitrogen and oxygen atoms in total. The summed E-state index contributed by atoms with van der Waals surface area (Å²) in [5.74, 6) is 5.55. The van der Waals surface area contributed by atoms with Crippen molar-refractivity contribution in [2.45, 2.75) is 166 Å². The number of rotatable bonds is 45. The highest BCUT2D eigenvalue weighted by Crippen LogP contribution is 2.66. The maximum atomic E-state index is 13.2. The van der Waals surface area contributed by atoms with Crippen molar-refractivity contribution in [1.29, 1.82) is 0 Å². The van der Waals surface area contributed by atoms with Gasteiger partial charge in [0.15, 0.2) is 5.71 Å². The number of hydrogen-bond acceptors (Lipinski definition) is 26. The van der Waals surface area contributed by atoms with Crippen molar-refractivity contribution in [1.82, 2.24) is 20.6 Å². The number of nitrogens with one attached hydrogen (secondary N) is 3. The molecule has 7 rings (SSSR count). The van der Waals surface area contributed by atoms with E-state index >= 15 is 0 Å². The Morgan fingerprint density at radius 1 is 0.864 bits per heavy atom. The minimum absolute atomic E-state index is 0.00692. The van der Waals surface area contributed by atoms with Gasteiger partial charge in [-0.2, -0.15) is 13.2 Å². The van der Waals surface area contributed by atoms with Gasteiger partial charge in [0.05, 0.1) is 87.5 Å².